The zero-order valence-electron chi connectivity index (χ0n) is 18.3. The van der Waals surface area contributed by atoms with Gasteiger partial charge >= 0.3 is 5.97 Å². The number of aliphatic carboxylic acids is 1. The zero-order chi connectivity index (χ0) is 22.1. The van der Waals surface area contributed by atoms with Gasteiger partial charge in [-0.3, -0.25) is 4.79 Å². The molecule has 2 atom stereocenters. The first-order chi connectivity index (χ1) is 15.1. The van der Waals surface area contributed by atoms with Crippen LogP contribution >= 0.6 is 11.8 Å². The Hall–Kier alpha value is -1.63. The Morgan fingerprint density at radius 1 is 1.16 bits per heavy atom. The van der Waals surface area contributed by atoms with Crippen LogP contribution in [-0.2, 0) is 17.4 Å². The van der Waals surface area contributed by atoms with E-state index in [1.54, 1.807) is 0 Å². The molecule has 1 aliphatic rings. The molecule has 2 unspecified atom stereocenters. The molecular formula is C25H35N2O2S2+. The van der Waals surface area contributed by atoms with Gasteiger partial charge in [0.2, 0.25) is 0 Å². The van der Waals surface area contributed by atoms with Gasteiger partial charge in [0.25, 0.3) is 0 Å². The van der Waals surface area contributed by atoms with Gasteiger partial charge in [-0.25, -0.2) is 0 Å². The Morgan fingerprint density at radius 3 is 2.68 bits per heavy atom. The van der Waals surface area contributed by atoms with Crippen molar-refractivity contribution in [2.24, 2.45) is 0 Å². The summed E-state index contributed by atoms with van der Waals surface area (Å²) in [5.74, 6) is 2.44. The number of nitrogens with one attached hydrogen (secondary N) is 2. The maximum atomic E-state index is 10.7. The number of carboxylic acid groups (broad SMARTS) is 1. The van der Waals surface area contributed by atoms with E-state index in [9.17, 15) is 4.79 Å². The van der Waals surface area contributed by atoms with E-state index in [1.807, 2.05) is 18.8 Å². The number of carboxylic acids is 1. The molecule has 3 N–H and O–H groups in total. The number of thioether (sulfide) groups is 1. The number of unbranched alkanes of at least 4 members (excludes halogenated alkanes) is 3. The predicted octanol–water partition coefficient (Wildman–Crippen LogP) is 5.03. The fraction of sp³-hybridized carbons (Fsp3) is 0.480. The van der Waals surface area contributed by atoms with Crippen molar-refractivity contribution in [3.8, 4) is 0 Å². The van der Waals surface area contributed by atoms with Crippen LogP contribution in [0.2, 0.25) is 0 Å². The SMILES string of the molecule is CNc1ccccc1C(NCCCCCCC(=O)O)c1ccc(C2CCSC2)cc1[SH2+]. The third kappa shape index (κ3) is 6.93. The maximum Gasteiger partial charge on any atom is 0.303 e. The minimum absolute atomic E-state index is 0.0853. The van der Waals surface area contributed by atoms with Crippen LogP contribution in [0, 0.1) is 0 Å². The first kappa shape index (κ1) is 24.0. The highest BCUT2D eigenvalue weighted by atomic mass is 32.2. The molecule has 0 saturated carbocycles. The van der Waals surface area contributed by atoms with Crippen molar-refractivity contribution in [3.63, 3.8) is 0 Å². The average Bonchev–Trinajstić information content (AvgIpc) is 3.31. The average molecular weight is 460 g/mol. The lowest BCUT2D eigenvalue weighted by atomic mass is 9.92. The van der Waals surface area contributed by atoms with E-state index in [-0.39, 0.29) is 12.5 Å². The van der Waals surface area contributed by atoms with Crippen LogP contribution in [0.25, 0.3) is 0 Å². The molecule has 0 radical (unpaired) electrons. The number of hydrogen-bond donors (Lipinski definition) is 3. The van der Waals surface area contributed by atoms with Crippen LogP contribution in [0.15, 0.2) is 47.4 Å². The number of para-hydroxylation sites is 1. The molecule has 0 spiro atoms. The second-order valence-electron chi connectivity index (χ2n) is 8.19. The maximum absolute atomic E-state index is 10.7. The van der Waals surface area contributed by atoms with Gasteiger partial charge in [-0.2, -0.15) is 11.8 Å². The molecular weight excluding hydrogens is 424 g/mol. The van der Waals surface area contributed by atoms with Crippen molar-refractivity contribution in [2.75, 3.05) is 30.4 Å². The molecule has 0 bridgehead atoms. The molecule has 168 valence electrons. The standard InChI is InChI=1S/C25H34N2O2S2/c1-26-22-9-6-5-8-20(22)25(27-14-7-3-2-4-10-24(28)29)21-12-11-18(16-23(21)30)19-13-15-31-17-19/h5-6,8-9,11-12,16,19,25-27,30H,2-4,7,10,13-15,17H2,1H3,(H,28,29)/p+1. The highest BCUT2D eigenvalue weighted by molar-refractivity contribution is 7.99. The van der Waals surface area contributed by atoms with Gasteiger partial charge in [0.15, 0.2) is 4.90 Å². The van der Waals surface area contributed by atoms with Crippen LogP contribution in [0.3, 0.4) is 0 Å². The molecule has 1 heterocycles. The van der Waals surface area contributed by atoms with Crippen LogP contribution in [0.4, 0.5) is 5.69 Å². The monoisotopic (exact) mass is 459 g/mol. The molecule has 2 aromatic carbocycles. The molecule has 31 heavy (non-hydrogen) atoms. The van der Waals surface area contributed by atoms with E-state index in [0.717, 1.165) is 42.8 Å². The van der Waals surface area contributed by atoms with E-state index < -0.39 is 5.97 Å². The van der Waals surface area contributed by atoms with Crippen molar-refractivity contribution in [2.45, 2.75) is 55.4 Å². The van der Waals surface area contributed by atoms with Crippen molar-refractivity contribution in [3.05, 3.63) is 59.2 Å². The number of carbonyl (C=O) groups is 1. The number of anilines is 1. The highest BCUT2D eigenvalue weighted by Gasteiger charge is 2.24. The summed E-state index contributed by atoms with van der Waals surface area (Å²) in [5.41, 5.74) is 5.04. The molecule has 0 aliphatic carbocycles. The van der Waals surface area contributed by atoms with Gasteiger partial charge in [-0.15, -0.1) is 0 Å². The molecule has 1 saturated heterocycles. The second kappa shape index (κ2) is 12.4. The third-order valence-corrected chi connectivity index (χ3v) is 7.59. The van der Waals surface area contributed by atoms with Gasteiger partial charge in [0, 0.05) is 30.5 Å². The van der Waals surface area contributed by atoms with Crippen molar-refractivity contribution in [1.29, 1.82) is 0 Å². The third-order valence-electron chi connectivity index (χ3n) is 6.00. The molecule has 6 heteroatoms. The predicted molar refractivity (Wildman–Crippen MR) is 136 cm³/mol. The molecule has 1 fully saturated rings. The molecule has 0 amide bonds. The normalized spacial score (nSPS) is 16.9. The van der Waals surface area contributed by atoms with Crippen LogP contribution < -0.4 is 10.6 Å². The number of benzene rings is 2. The lowest BCUT2D eigenvalue weighted by Gasteiger charge is -2.23. The van der Waals surface area contributed by atoms with Crippen LogP contribution in [-0.4, -0.2) is 36.2 Å². The van der Waals surface area contributed by atoms with Crippen molar-refractivity contribution in [1.82, 2.24) is 5.32 Å². The molecule has 4 nitrogen and oxygen atoms in total. The topological polar surface area (TPSA) is 61.4 Å². The Morgan fingerprint density at radius 2 is 1.97 bits per heavy atom. The lowest BCUT2D eigenvalue weighted by Crippen LogP contribution is -2.25. The fourth-order valence-electron chi connectivity index (χ4n) is 4.24. The smallest absolute Gasteiger partial charge is 0.303 e. The summed E-state index contributed by atoms with van der Waals surface area (Å²) in [6.07, 6.45) is 5.33. The molecule has 2 aromatic rings. The van der Waals surface area contributed by atoms with Crippen LogP contribution in [0.5, 0.6) is 0 Å². The van der Waals surface area contributed by atoms with E-state index >= 15 is 0 Å². The van der Waals surface area contributed by atoms with Gasteiger partial charge in [-0.1, -0.05) is 43.2 Å². The summed E-state index contributed by atoms with van der Waals surface area (Å²) < 4.78 is 0. The summed E-state index contributed by atoms with van der Waals surface area (Å²) in [6.45, 7) is 0.891. The first-order valence-electron chi connectivity index (χ1n) is 11.2. The summed E-state index contributed by atoms with van der Waals surface area (Å²) in [6, 6.07) is 15.4. The fourth-order valence-corrected chi connectivity index (χ4v) is 5.90. The van der Waals surface area contributed by atoms with Gasteiger partial charge in [0.05, 0.1) is 6.04 Å². The Bertz CT molecular complexity index is 853. The molecule has 0 aromatic heterocycles. The van der Waals surface area contributed by atoms with Crippen LogP contribution in [0.1, 0.15) is 67.2 Å². The minimum atomic E-state index is -0.703. The quantitative estimate of drug-likeness (QED) is 0.307. The zero-order valence-corrected chi connectivity index (χ0v) is 20.1. The summed E-state index contributed by atoms with van der Waals surface area (Å²) in [7, 11) is 1.97. The largest absolute Gasteiger partial charge is 0.481 e. The van der Waals surface area contributed by atoms with E-state index in [2.05, 4.69) is 65.7 Å². The first-order valence-corrected chi connectivity index (χ1v) is 12.9. The van der Waals surface area contributed by atoms with Gasteiger partial charge in [0.1, 0.15) is 0 Å². The van der Waals surface area contributed by atoms with E-state index in [4.69, 9.17) is 5.11 Å². The highest BCUT2D eigenvalue weighted by Crippen LogP contribution is 2.36. The number of hydrogen-bond acceptors (Lipinski definition) is 4. The Kier molecular flexibility index (Phi) is 9.62. The number of rotatable bonds is 12. The summed E-state index contributed by atoms with van der Waals surface area (Å²) in [4.78, 5) is 11.8. The second-order valence-corrected chi connectivity index (χ2v) is 9.88. The van der Waals surface area contributed by atoms with Gasteiger partial charge in [-0.05, 0) is 73.4 Å². The van der Waals surface area contributed by atoms with E-state index in [1.165, 1.54) is 34.6 Å². The van der Waals surface area contributed by atoms with E-state index in [0.29, 0.717) is 5.92 Å². The Labute approximate surface area is 196 Å². The summed E-state index contributed by atoms with van der Waals surface area (Å²) >= 11 is 5.98. The minimum Gasteiger partial charge on any atom is -0.481 e. The summed E-state index contributed by atoms with van der Waals surface area (Å²) in [5, 5.41) is 15.9. The molecule has 1 aliphatic heterocycles. The Balaban J connectivity index is 1.72. The van der Waals surface area contributed by atoms with Crippen molar-refractivity contribution < 1.29 is 9.90 Å². The van der Waals surface area contributed by atoms with Crippen molar-refractivity contribution >= 4 is 36.0 Å². The van der Waals surface area contributed by atoms with Gasteiger partial charge < -0.3 is 15.7 Å². The lowest BCUT2D eigenvalue weighted by molar-refractivity contribution is -0.137. The molecule has 3 rings (SSSR count).